The zero-order valence-electron chi connectivity index (χ0n) is 23.3. The Labute approximate surface area is 241 Å². The van der Waals surface area contributed by atoms with E-state index in [0.717, 1.165) is 57.2 Å². The molecule has 2 fully saturated rings. The first kappa shape index (κ1) is 27.0. The van der Waals surface area contributed by atoms with Gasteiger partial charge in [0.2, 0.25) is 0 Å². The summed E-state index contributed by atoms with van der Waals surface area (Å²) in [7, 11) is 0. The first-order valence-corrected chi connectivity index (χ1v) is 15.5. The van der Waals surface area contributed by atoms with E-state index < -0.39 is 0 Å². The lowest BCUT2D eigenvalue weighted by Gasteiger charge is -2.23. The third-order valence-electron chi connectivity index (χ3n) is 8.19. The van der Waals surface area contributed by atoms with Crippen molar-refractivity contribution in [2.75, 3.05) is 45.9 Å². The summed E-state index contributed by atoms with van der Waals surface area (Å²) in [5.41, 5.74) is 2.47. The minimum Gasteiger partial charge on any atom is -0.492 e. The van der Waals surface area contributed by atoms with E-state index in [1.165, 1.54) is 38.8 Å². The second-order valence-electron chi connectivity index (χ2n) is 11.0. The molecular formula is C34H38N2O3S. The SMILES string of the molecule is C[C@@H](COc1ccc(C(=O)c2c(-c3ccc(OCCN4CCCC4)cc3)sc3ccccc23)cc1)N1CCCC1. The molecule has 0 unspecified atom stereocenters. The first-order valence-electron chi connectivity index (χ1n) is 14.6. The van der Waals surface area contributed by atoms with Crippen LogP contribution in [0.5, 0.6) is 11.5 Å². The Morgan fingerprint density at radius 1 is 0.825 bits per heavy atom. The zero-order chi connectivity index (χ0) is 27.3. The van der Waals surface area contributed by atoms with Crippen LogP contribution in [-0.4, -0.2) is 67.6 Å². The van der Waals surface area contributed by atoms with Crippen molar-refractivity contribution in [1.82, 2.24) is 9.80 Å². The van der Waals surface area contributed by atoms with Gasteiger partial charge in [0.05, 0.1) is 0 Å². The zero-order valence-corrected chi connectivity index (χ0v) is 24.1. The van der Waals surface area contributed by atoms with Crippen molar-refractivity contribution in [3.63, 3.8) is 0 Å². The summed E-state index contributed by atoms with van der Waals surface area (Å²) in [6, 6.07) is 24.4. The monoisotopic (exact) mass is 554 g/mol. The third-order valence-corrected chi connectivity index (χ3v) is 9.41. The van der Waals surface area contributed by atoms with E-state index in [1.807, 2.05) is 48.5 Å². The molecule has 2 aliphatic rings. The fraction of sp³-hybridized carbons (Fsp3) is 0.382. The second-order valence-corrected chi connectivity index (χ2v) is 12.0. The van der Waals surface area contributed by atoms with Gasteiger partial charge in [-0.05, 0) is 119 Å². The van der Waals surface area contributed by atoms with Crippen molar-refractivity contribution in [3.05, 3.63) is 83.9 Å². The van der Waals surface area contributed by atoms with Gasteiger partial charge in [0.25, 0.3) is 0 Å². The molecule has 0 aliphatic carbocycles. The molecule has 6 heteroatoms. The number of hydrogen-bond donors (Lipinski definition) is 0. The molecule has 2 saturated heterocycles. The maximum absolute atomic E-state index is 13.9. The van der Waals surface area contributed by atoms with Crippen LogP contribution in [0.1, 0.15) is 48.5 Å². The van der Waals surface area contributed by atoms with Gasteiger partial charge < -0.3 is 9.47 Å². The summed E-state index contributed by atoms with van der Waals surface area (Å²) in [6.45, 7) is 9.22. The molecule has 6 rings (SSSR count). The van der Waals surface area contributed by atoms with Crippen LogP contribution in [0, 0.1) is 0 Å². The van der Waals surface area contributed by atoms with Crippen LogP contribution in [0.4, 0.5) is 0 Å². The Kier molecular flexibility index (Phi) is 8.47. The number of rotatable bonds is 11. The predicted molar refractivity (Wildman–Crippen MR) is 164 cm³/mol. The minimum absolute atomic E-state index is 0.0374. The molecule has 1 atom stereocenters. The number of nitrogens with zero attached hydrogens (tertiary/aromatic N) is 2. The van der Waals surface area contributed by atoms with Gasteiger partial charge in [0.15, 0.2) is 5.78 Å². The summed E-state index contributed by atoms with van der Waals surface area (Å²) < 4.78 is 13.2. The molecule has 2 aliphatic heterocycles. The quantitative estimate of drug-likeness (QED) is 0.184. The Morgan fingerprint density at radius 2 is 1.48 bits per heavy atom. The molecule has 1 aromatic heterocycles. The van der Waals surface area contributed by atoms with E-state index in [9.17, 15) is 4.79 Å². The molecule has 3 heterocycles. The van der Waals surface area contributed by atoms with E-state index in [0.29, 0.717) is 24.8 Å². The molecule has 0 saturated carbocycles. The number of benzene rings is 3. The van der Waals surface area contributed by atoms with Crippen molar-refractivity contribution < 1.29 is 14.3 Å². The number of thiophene rings is 1. The van der Waals surface area contributed by atoms with E-state index in [1.54, 1.807) is 11.3 Å². The van der Waals surface area contributed by atoms with Crippen molar-refractivity contribution in [1.29, 1.82) is 0 Å². The van der Waals surface area contributed by atoms with Crippen LogP contribution in [0.3, 0.4) is 0 Å². The van der Waals surface area contributed by atoms with Gasteiger partial charge in [-0.1, -0.05) is 18.2 Å². The molecule has 0 radical (unpaired) electrons. The Balaban J connectivity index is 1.17. The van der Waals surface area contributed by atoms with Crippen LogP contribution in [0.15, 0.2) is 72.8 Å². The molecule has 208 valence electrons. The summed E-state index contributed by atoms with van der Waals surface area (Å²) in [5, 5.41) is 0.998. The molecule has 40 heavy (non-hydrogen) atoms. The largest absolute Gasteiger partial charge is 0.492 e. The van der Waals surface area contributed by atoms with E-state index in [-0.39, 0.29) is 5.78 Å². The fourth-order valence-electron chi connectivity index (χ4n) is 5.83. The van der Waals surface area contributed by atoms with Gasteiger partial charge in [-0.25, -0.2) is 0 Å². The van der Waals surface area contributed by atoms with Crippen LogP contribution >= 0.6 is 11.3 Å². The van der Waals surface area contributed by atoms with Crippen molar-refractivity contribution >= 4 is 27.2 Å². The molecule has 3 aromatic carbocycles. The summed E-state index contributed by atoms with van der Waals surface area (Å²) in [5.74, 6) is 1.71. The maximum atomic E-state index is 13.9. The highest BCUT2D eigenvalue weighted by Gasteiger charge is 2.22. The number of fused-ring (bicyclic) bond motifs is 1. The van der Waals surface area contributed by atoms with Gasteiger partial charge in [-0.3, -0.25) is 14.6 Å². The number of ether oxygens (including phenoxy) is 2. The smallest absolute Gasteiger partial charge is 0.195 e. The first-order chi connectivity index (χ1) is 19.7. The van der Waals surface area contributed by atoms with Crippen LogP contribution < -0.4 is 9.47 Å². The molecule has 0 bridgehead atoms. The number of hydrogen-bond acceptors (Lipinski definition) is 6. The lowest BCUT2D eigenvalue weighted by molar-refractivity contribution is 0.104. The lowest BCUT2D eigenvalue weighted by atomic mass is 9.97. The Bertz CT molecular complexity index is 1420. The van der Waals surface area contributed by atoms with Gasteiger partial charge >= 0.3 is 0 Å². The molecular weight excluding hydrogens is 516 g/mol. The summed E-state index contributed by atoms with van der Waals surface area (Å²) in [4.78, 5) is 19.9. The van der Waals surface area contributed by atoms with Crippen LogP contribution in [0.2, 0.25) is 0 Å². The standard InChI is InChI=1S/C34H38N2O3S/c1-25(36-20-6-7-21-36)24-39-29-14-10-26(11-15-29)33(37)32-30-8-2-3-9-31(30)40-34(32)27-12-16-28(17-13-27)38-23-22-35-18-4-5-19-35/h2-3,8-17,25H,4-7,18-24H2,1H3/t25-/m0/s1. The average molecular weight is 555 g/mol. The van der Waals surface area contributed by atoms with Crippen molar-refractivity contribution in [2.45, 2.75) is 38.6 Å². The van der Waals surface area contributed by atoms with E-state index in [4.69, 9.17) is 9.47 Å². The molecule has 0 N–H and O–H groups in total. The fourth-order valence-corrected chi connectivity index (χ4v) is 7.03. The highest BCUT2D eigenvalue weighted by molar-refractivity contribution is 7.22. The molecule has 0 amide bonds. The average Bonchev–Trinajstić information content (AvgIpc) is 3.78. The van der Waals surface area contributed by atoms with Gasteiger partial charge in [-0.15, -0.1) is 11.3 Å². The molecule has 0 spiro atoms. The summed E-state index contributed by atoms with van der Waals surface area (Å²) >= 11 is 1.67. The number of likely N-dealkylation sites (tertiary alicyclic amines) is 2. The maximum Gasteiger partial charge on any atom is 0.195 e. The minimum atomic E-state index is 0.0374. The number of ketones is 1. The molecule has 5 nitrogen and oxygen atoms in total. The highest BCUT2D eigenvalue weighted by atomic mass is 32.1. The summed E-state index contributed by atoms with van der Waals surface area (Å²) in [6.07, 6.45) is 5.14. The third kappa shape index (κ3) is 6.09. The normalized spacial score (nSPS) is 16.9. The van der Waals surface area contributed by atoms with Gasteiger partial charge in [0, 0.05) is 38.7 Å². The predicted octanol–water partition coefficient (Wildman–Crippen LogP) is 7.14. The highest BCUT2D eigenvalue weighted by Crippen LogP contribution is 2.40. The van der Waals surface area contributed by atoms with Crippen molar-refractivity contribution in [3.8, 4) is 21.9 Å². The molecule has 4 aromatic rings. The van der Waals surface area contributed by atoms with Gasteiger partial charge in [-0.2, -0.15) is 0 Å². The van der Waals surface area contributed by atoms with Crippen molar-refractivity contribution in [2.24, 2.45) is 0 Å². The Hall–Kier alpha value is -3.19. The lowest BCUT2D eigenvalue weighted by Crippen LogP contribution is -2.34. The number of carbonyl (C=O) groups is 1. The number of carbonyl (C=O) groups excluding carboxylic acids is 1. The van der Waals surface area contributed by atoms with Crippen LogP contribution in [-0.2, 0) is 0 Å². The Morgan fingerprint density at radius 3 is 2.23 bits per heavy atom. The van der Waals surface area contributed by atoms with Gasteiger partial charge in [0.1, 0.15) is 24.7 Å². The second kappa shape index (κ2) is 12.5. The van der Waals surface area contributed by atoms with Crippen LogP contribution in [0.25, 0.3) is 20.5 Å². The topological polar surface area (TPSA) is 42.0 Å². The van der Waals surface area contributed by atoms with E-state index >= 15 is 0 Å². The van der Waals surface area contributed by atoms with E-state index in [2.05, 4.69) is 41.0 Å².